The van der Waals surface area contributed by atoms with Gasteiger partial charge in [-0.1, -0.05) is 44.2 Å². The van der Waals surface area contributed by atoms with Crippen LogP contribution >= 0.6 is 0 Å². The van der Waals surface area contributed by atoms with Crippen molar-refractivity contribution in [1.82, 2.24) is 9.97 Å². The molecule has 4 heteroatoms. The summed E-state index contributed by atoms with van der Waals surface area (Å²) in [5, 5.41) is 0.936. The third-order valence-electron chi connectivity index (χ3n) is 3.91. The average Bonchev–Trinajstić information content (AvgIpc) is 2.55. The normalized spacial score (nSPS) is 11.3. The highest BCUT2D eigenvalue weighted by atomic mass is 16.1. The van der Waals surface area contributed by atoms with Gasteiger partial charge in [0.05, 0.1) is 5.69 Å². The van der Waals surface area contributed by atoms with Crippen molar-refractivity contribution in [2.75, 3.05) is 0 Å². The van der Waals surface area contributed by atoms with Gasteiger partial charge in [-0.25, -0.2) is 4.98 Å². The molecular weight excluding hydrogens is 286 g/mol. The minimum absolute atomic E-state index is 0.167. The third kappa shape index (κ3) is 3.03. The van der Waals surface area contributed by atoms with Gasteiger partial charge in [-0.15, -0.1) is 0 Å². The van der Waals surface area contributed by atoms with Crippen LogP contribution in [-0.2, 0) is 13.0 Å². The van der Waals surface area contributed by atoms with Crippen LogP contribution in [0, 0.1) is 5.92 Å². The second-order valence-electron chi connectivity index (χ2n) is 6.20. The summed E-state index contributed by atoms with van der Waals surface area (Å²) in [6.45, 7) is 4.67. The number of aromatic amines is 1. The molecule has 3 rings (SSSR count). The Balaban J connectivity index is 2.38. The predicted molar refractivity (Wildman–Crippen MR) is 94.2 cm³/mol. The van der Waals surface area contributed by atoms with E-state index in [4.69, 9.17) is 5.73 Å². The van der Waals surface area contributed by atoms with Crippen LogP contribution in [0.2, 0.25) is 0 Å². The highest BCUT2D eigenvalue weighted by Gasteiger charge is 2.14. The molecule has 0 saturated carbocycles. The van der Waals surface area contributed by atoms with Crippen molar-refractivity contribution in [3.05, 3.63) is 64.2 Å². The monoisotopic (exact) mass is 307 g/mol. The fourth-order valence-electron chi connectivity index (χ4n) is 2.95. The molecule has 4 nitrogen and oxygen atoms in total. The van der Waals surface area contributed by atoms with Gasteiger partial charge in [0.1, 0.15) is 5.52 Å². The Bertz CT molecular complexity index is 882. The van der Waals surface area contributed by atoms with E-state index in [1.807, 2.05) is 36.4 Å². The van der Waals surface area contributed by atoms with Crippen molar-refractivity contribution >= 4 is 10.9 Å². The Morgan fingerprint density at radius 3 is 2.61 bits per heavy atom. The first-order chi connectivity index (χ1) is 11.1. The first-order valence-electron chi connectivity index (χ1n) is 7.90. The highest BCUT2D eigenvalue weighted by Crippen LogP contribution is 2.30. The zero-order valence-electron chi connectivity index (χ0n) is 13.5. The van der Waals surface area contributed by atoms with Crippen molar-refractivity contribution < 1.29 is 0 Å². The lowest BCUT2D eigenvalue weighted by Gasteiger charge is -2.14. The Morgan fingerprint density at radius 1 is 1.22 bits per heavy atom. The molecule has 23 heavy (non-hydrogen) atoms. The van der Waals surface area contributed by atoms with Gasteiger partial charge in [0.2, 0.25) is 0 Å². The van der Waals surface area contributed by atoms with Gasteiger partial charge >= 0.3 is 0 Å². The zero-order chi connectivity index (χ0) is 16.4. The SMILES string of the molecule is CC(C)Cc1cc(CN)nc2c(=O)[nH]cc(-c3ccccc3)c12. The predicted octanol–water partition coefficient (Wildman–Crippen LogP) is 3.25. The molecular formula is C19H21N3O. The van der Waals surface area contributed by atoms with E-state index in [1.165, 1.54) is 0 Å². The van der Waals surface area contributed by atoms with Crippen molar-refractivity contribution in [2.24, 2.45) is 11.7 Å². The van der Waals surface area contributed by atoms with Crippen LogP contribution in [0.15, 0.2) is 47.4 Å². The number of rotatable bonds is 4. The molecule has 0 spiro atoms. The topological polar surface area (TPSA) is 71.8 Å². The maximum atomic E-state index is 12.3. The summed E-state index contributed by atoms with van der Waals surface area (Å²) >= 11 is 0. The number of benzene rings is 1. The molecule has 0 aliphatic heterocycles. The smallest absolute Gasteiger partial charge is 0.274 e. The summed E-state index contributed by atoms with van der Waals surface area (Å²) in [7, 11) is 0. The van der Waals surface area contributed by atoms with Crippen LogP contribution in [0.1, 0.15) is 25.1 Å². The van der Waals surface area contributed by atoms with Crippen LogP contribution in [0.5, 0.6) is 0 Å². The summed E-state index contributed by atoms with van der Waals surface area (Å²) in [6, 6.07) is 12.1. The zero-order valence-corrected chi connectivity index (χ0v) is 13.5. The molecule has 0 aliphatic rings. The molecule has 0 amide bonds. The average molecular weight is 307 g/mol. The van der Waals surface area contributed by atoms with Crippen LogP contribution in [0.4, 0.5) is 0 Å². The molecule has 0 aliphatic carbocycles. The Morgan fingerprint density at radius 2 is 1.96 bits per heavy atom. The number of hydrogen-bond donors (Lipinski definition) is 2. The van der Waals surface area contributed by atoms with E-state index in [-0.39, 0.29) is 5.56 Å². The number of hydrogen-bond acceptors (Lipinski definition) is 3. The maximum Gasteiger partial charge on any atom is 0.274 e. The summed E-state index contributed by atoms with van der Waals surface area (Å²) in [5.41, 5.74) is 10.0. The van der Waals surface area contributed by atoms with E-state index in [9.17, 15) is 4.79 Å². The van der Waals surface area contributed by atoms with E-state index >= 15 is 0 Å². The lowest BCUT2D eigenvalue weighted by Crippen LogP contribution is -2.13. The van der Waals surface area contributed by atoms with Gasteiger partial charge in [0, 0.05) is 23.7 Å². The lowest BCUT2D eigenvalue weighted by atomic mass is 9.94. The van der Waals surface area contributed by atoms with E-state index in [1.54, 1.807) is 6.20 Å². The molecule has 3 aromatic rings. The molecule has 118 valence electrons. The minimum atomic E-state index is -0.167. The van der Waals surface area contributed by atoms with E-state index < -0.39 is 0 Å². The molecule has 1 aromatic carbocycles. The third-order valence-corrected chi connectivity index (χ3v) is 3.91. The second-order valence-corrected chi connectivity index (χ2v) is 6.20. The van der Waals surface area contributed by atoms with E-state index in [0.717, 1.165) is 34.2 Å². The van der Waals surface area contributed by atoms with Crippen molar-refractivity contribution in [2.45, 2.75) is 26.8 Å². The highest BCUT2D eigenvalue weighted by molar-refractivity contribution is 5.96. The molecule has 3 N–H and O–H groups in total. The minimum Gasteiger partial charge on any atom is -0.327 e. The number of nitrogens with two attached hydrogens (primary N) is 1. The van der Waals surface area contributed by atoms with Crippen LogP contribution in [0.3, 0.4) is 0 Å². The van der Waals surface area contributed by atoms with Gasteiger partial charge in [-0.05, 0) is 29.5 Å². The van der Waals surface area contributed by atoms with Gasteiger partial charge in [0.15, 0.2) is 0 Å². The van der Waals surface area contributed by atoms with Gasteiger partial charge < -0.3 is 10.7 Å². The molecule has 2 aromatic heterocycles. The largest absolute Gasteiger partial charge is 0.327 e. The molecule has 0 atom stereocenters. The van der Waals surface area contributed by atoms with Crippen molar-refractivity contribution in [3.8, 4) is 11.1 Å². The van der Waals surface area contributed by atoms with Crippen LogP contribution in [0.25, 0.3) is 22.0 Å². The number of fused-ring (bicyclic) bond motifs is 1. The van der Waals surface area contributed by atoms with Gasteiger partial charge in [-0.3, -0.25) is 4.79 Å². The van der Waals surface area contributed by atoms with Crippen LogP contribution < -0.4 is 11.3 Å². The molecule has 0 radical (unpaired) electrons. The van der Waals surface area contributed by atoms with Crippen molar-refractivity contribution in [1.29, 1.82) is 0 Å². The Kier molecular flexibility index (Phi) is 4.26. The summed E-state index contributed by atoms with van der Waals surface area (Å²) in [6.07, 6.45) is 2.67. The first-order valence-corrected chi connectivity index (χ1v) is 7.90. The van der Waals surface area contributed by atoms with Crippen molar-refractivity contribution in [3.63, 3.8) is 0 Å². The number of nitrogens with one attached hydrogen (secondary N) is 1. The number of nitrogens with zero attached hydrogens (tertiary/aromatic N) is 1. The summed E-state index contributed by atoms with van der Waals surface area (Å²) in [5.74, 6) is 0.481. The fourth-order valence-corrected chi connectivity index (χ4v) is 2.95. The van der Waals surface area contributed by atoms with Gasteiger partial charge in [-0.2, -0.15) is 0 Å². The second kappa shape index (κ2) is 6.34. The maximum absolute atomic E-state index is 12.3. The molecule has 0 saturated heterocycles. The fraction of sp³-hybridized carbons (Fsp3) is 0.263. The Hall–Kier alpha value is -2.46. The van der Waals surface area contributed by atoms with E-state index in [2.05, 4.69) is 23.8 Å². The summed E-state index contributed by atoms with van der Waals surface area (Å²) < 4.78 is 0. The number of pyridine rings is 2. The number of aromatic nitrogens is 2. The van der Waals surface area contributed by atoms with Crippen LogP contribution in [-0.4, -0.2) is 9.97 Å². The number of H-pyrrole nitrogens is 1. The quantitative estimate of drug-likeness (QED) is 0.777. The first kappa shape index (κ1) is 15.4. The Labute approximate surface area is 135 Å². The van der Waals surface area contributed by atoms with Gasteiger partial charge in [0.25, 0.3) is 5.56 Å². The molecule has 0 fully saturated rings. The molecule has 2 heterocycles. The standard InChI is InChI=1S/C19H21N3O/c1-12(2)8-14-9-15(10-20)22-18-17(14)16(11-21-19(18)23)13-6-4-3-5-7-13/h3-7,9,11-12H,8,10,20H2,1-2H3,(H,21,23). The van der Waals surface area contributed by atoms with E-state index in [0.29, 0.717) is 18.0 Å². The molecule has 0 unspecified atom stereocenters. The summed E-state index contributed by atoms with van der Waals surface area (Å²) in [4.78, 5) is 19.6. The lowest BCUT2D eigenvalue weighted by molar-refractivity contribution is 0.649. The molecule has 0 bridgehead atoms.